The van der Waals surface area contributed by atoms with Crippen molar-refractivity contribution in [2.45, 2.75) is 39.5 Å². The molecule has 1 heterocycles. The Hall–Kier alpha value is -1.32. The molecule has 0 spiro atoms. The summed E-state index contributed by atoms with van der Waals surface area (Å²) in [7, 11) is 1.89. The van der Waals surface area contributed by atoms with Crippen LogP contribution in [0.15, 0.2) is 6.33 Å². The maximum Gasteiger partial charge on any atom is 0.134 e. The molecule has 2 N–H and O–H groups in total. The van der Waals surface area contributed by atoms with Crippen molar-refractivity contribution in [3.8, 4) is 0 Å². The molecular weight excluding hydrogens is 212 g/mol. The number of hydrogen-bond donors (Lipinski definition) is 2. The summed E-state index contributed by atoms with van der Waals surface area (Å²) in [4.78, 5) is 8.51. The predicted octanol–water partition coefficient (Wildman–Crippen LogP) is 2.82. The largest absolute Gasteiger partial charge is 0.373 e. The van der Waals surface area contributed by atoms with Gasteiger partial charge in [-0.25, -0.2) is 9.97 Å². The van der Waals surface area contributed by atoms with Crippen LogP contribution < -0.4 is 10.6 Å². The van der Waals surface area contributed by atoms with Crippen LogP contribution >= 0.6 is 0 Å². The molecule has 4 nitrogen and oxygen atoms in total. The van der Waals surface area contributed by atoms with Crippen molar-refractivity contribution in [3.63, 3.8) is 0 Å². The molecule has 0 bridgehead atoms. The number of aromatic nitrogens is 2. The van der Waals surface area contributed by atoms with Gasteiger partial charge >= 0.3 is 0 Å². The number of anilines is 2. The third kappa shape index (κ3) is 2.68. The topological polar surface area (TPSA) is 49.8 Å². The average Bonchev–Trinajstić information content (AvgIpc) is 2.75. The molecule has 94 valence electrons. The van der Waals surface area contributed by atoms with E-state index in [9.17, 15) is 0 Å². The first-order valence-electron chi connectivity index (χ1n) is 6.38. The van der Waals surface area contributed by atoms with Gasteiger partial charge in [0.15, 0.2) is 0 Å². The van der Waals surface area contributed by atoms with Gasteiger partial charge in [0.25, 0.3) is 0 Å². The van der Waals surface area contributed by atoms with Gasteiger partial charge in [0.05, 0.1) is 0 Å². The van der Waals surface area contributed by atoms with Gasteiger partial charge in [-0.1, -0.05) is 19.8 Å². The van der Waals surface area contributed by atoms with E-state index in [0.717, 1.165) is 23.7 Å². The van der Waals surface area contributed by atoms with Crippen LogP contribution in [0.1, 0.15) is 38.2 Å². The Morgan fingerprint density at radius 2 is 1.88 bits per heavy atom. The molecule has 0 unspecified atom stereocenters. The fourth-order valence-electron chi connectivity index (χ4n) is 2.58. The molecule has 4 heteroatoms. The molecule has 0 amide bonds. The molecule has 0 saturated heterocycles. The van der Waals surface area contributed by atoms with Gasteiger partial charge in [-0.15, -0.1) is 0 Å². The highest BCUT2D eigenvalue weighted by Crippen LogP contribution is 2.37. The van der Waals surface area contributed by atoms with Crippen LogP contribution in [0.25, 0.3) is 0 Å². The van der Waals surface area contributed by atoms with Crippen molar-refractivity contribution < 1.29 is 0 Å². The summed E-state index contributed by atoms with van der Waals surface area (Å²) >= 11 is 0. The van der Waals surface area contributed by atoms with Crippen LogP contribution in [0.4, 0.5) is 11.6 Å². The number of rotatable bonds is 4. The lowest BCUT2D eigenvalue weighted by Crippen LogP contribution is -2.23. The zero-order chi connectivity index (χ0) is 12.3. The minimum absolute atomic E-state index is 0.442. The van der Waals surface area contributed by atoms with E-state index in [1.165, 1.54) is 25.7 Å². The van der Waals surface area contributed by atoms with E-state index in [4.69, 9.17) is 0 Å². The van der Waals surface area contributed by atoms with E-state index in [0.29, 0.717) is 5.41 Å². The van der Waals surface area contributed by atoms with Gasteiger partial charge in [0, 0.05) is 19.2 Å². The van der Waals surface area contributed by atoms with Crippen LogP contribution in [0.2, 0.25) is 0 Å². The van der Waals surface area contributed by atoms with Gasteiger partial charge in [-0.2, -0.15) is 0 Å². The molecule has 1 aromatic rings. The lowest BCUT2D eigenvalue weighted by atomic mass is 9.89. The third-order valence-corrected chi connectivity index (χ3v) is 3.81. The van der Waals surface area contributed by atoms with E-state index in [-0.39, 0.29) is 0 Å². The monoisotopic (exact) mass is 234 g/mol. The Bertz CT molecular complexity index is 383. The summed E-state index contributed by atoms with van der Waals surface area (Å²) in [5, 5.41) is 6.56. The quantitative estimate of drug-likeness (QED) is 0.841. The Kier molecular flexibility index (Phi) is 3.50. The Balaban J connectivity index is 2.03. The molecule has 1 fully saturated rings. The smallest absolute Gasteiger partial charge is 0.134 e. The molecule has 0 aromatic carbocycles. The molecule has 0 radical (unpaired) electrons. The molecule has 0 aliphatic heterocycles. The second-order valence-corrected chi connectivity index (χ2v) is 5.32. The maximum atomic E-state index is 4.32. The lowest BCUT2D eigenvalue weighted by molar-refractivity contribution is 0.361. The first-order chi connectivity index (χ1) is 8.14. The van der Waals surface area contributed by atoms with Gasteiger partial charge in [-0.05, 0) is 25.2 Å². The molecular formula is C13H22N4. The van der Waals surface area contributed by atoms with Crippen LogP contribution in [0, 0.1) is 12.3 Å². The normalized spacial score (nSPS) is 18.1. The number of hydrogen-bond acceptors (Lipinski definition) is 4. The van der Waals surface area contributed by atoms with Crippen LogP contribution in [-0.4, -0.2) is 23.6 Å². The Labute approximate surface area is 103 Å². The van der Waals surface area contributed by atoms with Crippen molar-refractivity contribution >= 4 is 11.6 Å². The van der Waals surface area contributed by atoms with E-state index < -0.39 is 0 Å². The summed E-state index contributed by atoms with van der Waals surface area (Å²) in [5.74, 6) is 1.86. The van der Waals surface area contributed by atoms with Gasteiger partial charge in [0.2, 0.25) is 0 Å². The average molecular weight is 234 g/mol. The van der Waals surface area contributed by atoms with E-state index in [1.807, 2.05) is 14.0 Å². The maximum absolute atomic E-state index is 4.32. The SMILES string of the molecule is CNc1ncnc(NCC2(C)CCCC2)c1C. The molecule has 2 rings (SSSR count). The number of nitrogens with zero attached hydrogens (tertiary/aromatic N) is 2. The lowest BCUT2D eigenvalue weighted by Gasteiger charge is -2.24. The van der Waals surface area contributed by atoms with Crippen molar-refractivity contribution in [2.75, 3.05) is 24.2 Å². The van der Waals surface area contributed by atoms with Crippen LogP contribution in [-0.2, 0) is 0 Å². The summed E-state index contributed by atoms with van der Waals surface area (Å²) in [6.07, 6.45) is 6.98. The standard InChI is InChI=1S/C13H22N4/c1-10-11(14-3)16-9-17-12(10)15-8-13(2)6-4-5-7-13/h9H,4-8H2,1-3H3,(H2,14,15,16,17). The van der Waals surface area contributed by atoms with Crippen LogP contribution in [0.3, 0.4) is 0 Å². The van der Waals surface area contributed by atoms with E-state index >= 15 is 0 Å². The minimum Gasteiger partial charge on any atom is -0.373 e. The van der Waals surface area contributed by atoms with E-state index in [2.05, 4.69) is 27.5 Å². The summed E-state index contributed by atoms with van der Waals surface area (Å²) < 4.78 is 0. The second kappa shape index (κ2) is 4.90. The fourth-order valence-corrected chi connectivity index (χ4v) is 2.58. The van der Waals surface area contributed by atoms with Crippen molar-refractivity contribution in [3.05, 3.63) is 11.9 Å². The number of nitrogens with one attached hydrogen (secondary N) is 2. The molecule has 17 heavy (non-hydrogen) atoms. The highest BCUT2D eigenvalue weighted by Gasteiger charge is 2.28. The minimum atomic E-state index is 0.442. The van der Waals surface area contributed by atoms with E-state index in [1.54, 1.807) is 6.33 Å². The third-order valence-electron chi connectivity index (χ3n) is 3.81. The summed E-state index contributed by atoms with van der Waals surface area (Å²) in [6, 6.07) is 0. The Morgan fingerprint density at radius 1 is 1.24 bits per heavy atom. The highest BCUT2D eigenvalue weighted by atomic mass is 15.1. The first-order valence-corrected chi connectivity index (χ1v) is 6.38. The predicted molar refractivity (Wildman–Crippen MR) is 71.4 cm³/mol. The summed E-state index contributed by atoms with van der Waals surface area (Å²) in [5.41, 5.74) is 1.54. The van der Waals surface area contributed by atoms with Crippen molar-refractivity contribution in [1.29, 1.82) is 0 Å². The van der Waals surface area contributed by atoms with Crippen molar-refractivity contribution in [1.82, 2.24) is 9.97 Å². The zero-order valence-corrected chi connectivity index (χ0v) is 11.0. The molecule has 1 aliphatic rings. The van der Waals surface area contributed by atoms with Crippen molar-refractivity contribution in [2.24, 2.45) is 5.41 Å². The first kappa shape index (κ1) is 12.1. The molecule has 0 atom stereocenters. The zero-order valence-electron chi connectivity index (χ0n) is 11.0. The fraction of sp³-hybridized carbons (Fsp3) is 0.692. The van der Waals surface area contributed by atoms with Gasteiger partial charge in [0.1, 0.15) is 18.0 Å². The van der Waals surface area contributed by atoms with Crippen LogP contribution in [0.5, 0.6) is 0 Å². The molecule has 1 aromatic heterocycles. The Morgan fingerprint density at radius 3 is 2.53 bits per heavy atom. The second-order valence-electron chi connectivity index (χ2n) is 5.32. The summed E-state index contributed by atoms with van der Waals surface area (Å²) in [6.45, 7) is 5.42. The van der Waals surface area contributed by atoms with Gasteiger partial charge in [-0.3, -0.25) is 0 Å². The highest BCUT2D eigenvalue weighted by molar-refractivity contribution is 5.56. The van der Waals surface area contributed by atoms with Gasteiger partial charge < -0.3 is 10.6 Å². The molecule has 1 saturated carbocycles. The molecule has 1 aliphatic carbocycles.